The lowest BCUT2D eigenvalue weighted by molar-refractivity contribution is -0.141. The molecule has 2 aromatic rings. The molecule has 38 heavy (non-hydrogen) atoms. The summed E-state index contributed by atoms with van der Waals surface area (Å²) in [6, 6.07) is 15.5. The molecule has 0 spiro atoms. The topological polar surface area (TPSA) is 52.7 Å². The van der Waals surface area contributed by atoms with Crippen LogP contribution in [0.3, 0.4) is 0 Å². The summed E-state index contributed by atoms with van der Waals surface area (Å²) >= 11 is 0. The highest BCUT2D eigenvalue weighted by molar-refractivity contribution is 6.00. The predicted molar refractivity (Wildman–Crippen MR) is 140 cm³/mol. The molecule has 1 N–H and O–H groups in total. The summed E-state index contributed by atoms with van der Waals surface area (Å²) in [6.07, 6.45) is -0.887. The Balaban J connectivity index is 1.42. The van der Waals surface area contributed by atoms with E-state index in [-0.39, 0.29) is 11.9 Å². The maximum Gasteiger partial charge on any atom is 0.405 e. The van der Waals surface area contributed by atoms with Crippen molar-refractivity contribution in [2.24, 2.45) is 0 Å². The van der Waals surface area contributed by atoms with Crippen LogP contribution in [0.2, 0.25) is 0 Å². The molecule has 0 saturated carbocycles. The van der Waals surface area contributed by atoms with Crippen molar-refractivity contribution in [1.29, 1.82) is 0 Å². The highest BCUT2D eigenvalue weighted by atomic mass is 19.4. The number of unbranched alkanes of at least 4 members (excludes halogenated alkanes) is 1. The van der Waals surface area contributed by atoms with Gasteiger partial charge in [-0.2, -0.15) is 13.2 Å². The first-order valence-electron chi connectivity index (χ1n) is 13.5. The van der Waals surface area contributed by atoms with Gasteiger partial charge in [0.2, 0.25) is 5.91 Å². The summed E-state index contributed by atoms with van der Waals surface area (Å²) in [5.41, 5.74) is 4.19. The van der Waals surface area contributed by atoms with Crippen LogP contribution in [0.1, 0.15) is 73.0 Å². The van der Waals surface area contributed by atoms with Crippen molar-refractivity contribution < 1.29 is 22.8 Å². The normalized spacial score (nSPS) is 21.7. The number of nitrogens with zero attached hydrogens (tertiary/aromatic N) is 2. The molecule has 2 amide bonds. The average Bonchev–Trinajstić information content (AvgIpc) is 3.37. The van der Waals surface area contributed by atoms with Crippen LogP contribution in [-0.4, -0.2) is 53.5 Å². The highest BCUT2D eigenvalue weighted by Gasteiger charge is 2.50. The molecule has 8 heteroatoms. The van der Waals surface area contributed by atoms with Crippen LogP contribution in [0.15, 0.2) is 54.1 Å². The Labute approximate surface area is 221 Å². The van der Waals surface area contributed by atoms with E-state index in [9.17, 15) is 22.8 Å². The van der Waals surface area contributed by atoms with Gasteiger partial charge in [-0.15, -0.1) is 0 Å². The second-order valence-corrected chi connectivity index (χ2v) is 10.6. The van der Waals surface area contributed by atoms with Gasteiger partial charge in [-0.1, -0.05) is 62.2 Å². The van der Waals surface area contributed by atoms with Crippen LogP contribution in [0.4, 0.5) is 13.2 Å². The minimum absolute atomic E-state index is 0.0839. The number of nitrogens with one attached hydrogen (secondary N) is 1. The Morgan fingerprint density at radius 2 is 1.71 bits per heavy atom. The van der Waals surface area contributed by atoms with Gasteiger partial charge in [-0.05, 0) is 49.0 Å². The van der Waals surface area contributed by atoms with Gasteiger partial charge in [0.1, 0.15) is 6.54 Å². The maximum absolute atomic E-state index is 13.6. The van der Waals surface area contributed by atoms with Crippen LogP contribution in [0.25, 0.3) is 5.70 Å². The van der Waals surface area contributed by atoms with E-state index < -0.39 is 24.0 Å². The molecular weight excluding hydrogens is 491 g/mol. The molecule has 0 aromatic heterocycles. The molecule has 1 aliphatic carbocycles. The van der Waals surface area contributed by atoms with Crippen molar-refractivity contribution >= 4 is 17.5 Å². The molecule has 0 radical (unpaired) electrons. The molecule has 2 heterocycles. The monoisotopic (exact) mass is 525 g/mol. The van der Waals surface area contributed by atoms with E-state index in [1.54, 1.807) is 0 Å². The van der Waals surface area contributed by atoms with Crippen molar-refractivity contribution in [3.63, 3.8) is 0 Å². The van der Waals surface area contributed by atoms with Crippen molar-refractivity contribution in [2.45, 2.75) is 70.1 Å². The fourth-order valence-corrected chi connectivity index (χ4v) is 6.55. The Bertz CT molecular complexity index is 1260. The zero-order chi connectivity index (χ0) is 27.1. The Kier molecular flexibility index (Phi) is 7.01. The van der Waals surface area contributed by atoms with Gasteiger partial charge < -0.3 is 15.1 Å². The van der Waals surface area contributed by atoms with Crippen molar-refractivity contribution in [2.75, 3.05) is 19.6 Å². The van der Waals surface area contributed by atoms with Crippen molar-refractivity contribution in [3.8, 4) is 0 Å². The van der Waals surface area contributed by atoms with E-state index in [0.29, 0.717) is 26.1 Å². The summed E-state index contributed by atoms with van der Waals surface area (Å²) in [6.45, 7) is 4.63. The van der Waals surface area contributed by atoms with Crippen LogP contribution < -0.4 is 5.32 Å². The zero-order valence-corrected chi connectivity index (χ0v) is 21.9. The smallest absolute Gasteiger partial charge is 0.371 e. The molecule has 1 saturated heterocycles. The second-order valence-electron chi connectivity index (χ2n) is 10.6. The van der Waals surface area contributed by atoms with Crippen LogP contribution in [0, 0.1) is 0 Å². The standard InChI is InChI=1S/C30H34F3N3O2/c1-3-4-15-29(28(38)34-19-30(31,32)33)20(2)26(24-11-7-8-12-25(24)29)35-16-13-22(14-17-35)36-18-21-9-5-6-10-23(21)27(36)37/h5-12,22H,3-4,13-19H2,1-2H3,(H,34,38). The van der Waals surface area contributed by atoms with Gasteiger partial charge in [0, 0.05) is 42.5 Å². The Morgan fingerprint density at radius 3 is 2.37 bits per heavy atom. The first-order chi connectivity index (χ1) is 18.2. The van der Waals surface area contributed by atoms with Gasteiger partial charge in [0.15, 0.2) is 0 Å². The number of amides is 2. The Morgan fingerprint density at radius 1 is 1.05 bits per heavy atom. The third-order valence-corrected chi connectivity index (χ3v) is 8.45. The quantitative estimate of drug-likeness (QED) is 0.508. The number of piperidine rings is 1. The first-order valence-corrected chi connectivity index (χ1v) is 13.5. The van der Waals surface area contributed by atoms with E-state index >= 15 is 0 Å². The van der Waals surface area contributed by atoms with E-state index in [1.807, 2.05) is 67.3 Å². The molecule has 1 unspecified atom stereocenters. The van der Waals surface area contributed by atoms with E-state index in [0.717, 1.165) is 59.2 Å². The minimum Gasteiger partial charge on any atom is -0.371 e. The summed E-state index contributed by atoms with van der Waals surface area (Å²) in [5, 5.41) is 2.21. The molecule has 2 aliphatic heterocycles. The number of rotatable bonds is 7. The molecule has 5 rings (SSSR count). The number of carbonyl (C=O) groups is 2. The average molecular weight is 526 g/mol. The maximum atomic E-state index is 13.6. The van der Waals surface area contributed by atoms with Gasteiger partial charge in [0.25, 0.3) is 5.91 Å². The number of hydrogen-bond acceptors (Lipinski definition) is 3. The highest BCUT2D eigenvalue weighted by Crippen LogP contribution is 2.51. The Hall–Kier alpha value is -3.29. The van der Waals surface area contributed by atoms with E-state index in [4.69, 9.17) is 0 Å². The lowest BCUT2D eigenvalue weighted by atomic mass is 9.73. The van der Waals surface area contributed by atoms with Gasteiger partial charge >= 0.3 is 6.18 Å². The predicted octanol–water partition coefficient (Wildman–Crippen LogP) is 5.66. The van der Waals surface area contributed by atoms with Crippen molar-refractivity contribution in [3.05, 3.63) is 76.4 Å². The molecule has 202 valence electrons. The number of fused-ring (bicyclic) bond motifs is 2. The fourth-order valence-electron chi connectivity index (χ4n) is 6.55. The third-order valence-electron chi connectivity index (χ3n) is 8.45. The van der Waals surface area contributed by atoms with Crippen LogP contribution in [0.5, 0.6) is 0 Å². The molecular formula is C30H34F3N3O2. The third kappa shape index (κ3) is 4.48. The lowest BCUT2D eigenvalue weighted by Crippen LogP contribution is -2.47. The number of carbonyl (C=O) groups excluding carboxylic acids is 2. The van der Waals surface area contributed by atoms with Gasteiger partial charge in [0.05, 0.1) is 5.41 Å². The summed E-state index contributed by atoms with van der Waals surface area (Å²) in [4.78, 5) is 30.8. The molecule has 5 nitrogen and oxygen atoms in total. The summed E-state index contributed by atoms with van der Waals surface area (Å²) in [5.74, 6) is -0.501. The second kappa shape index (κ2) is 10.1. The number of halogens is 3. The van der Waals surface area contributed by atoms with Crippen LogP contribution >= 0.6 is 0 Å². The number of benzene rings is 2. The van der Waals surface area contributed by atoms with Crippen LogP contribution in [-0.2, 0) is 16.8 Å². The summed E-state index contributed by atoms with van der Waals surface area (Å²) < 4.78 is 39.2. The molecule has 0 bridgehead atoms. The molecule has 3 aliphatic rings. The molecule has 2 aromatic carbocycles. The van der Waals surface area contributed by atoms with Crippen molar-refractivity contribution in [1.82, 2.24) is 15.1 Å². The minimum atomic E-state index is -4.48. The SMILES string of the molecule is CCCCC1(C(=O)NCC(F)(F)F)C(C)=C(N2CCC(N3Cc4ccccc4C3=O)CC2)c2ccccc21. The molecule has 1 fully saturated rings. The zero-order valence-electron chi connectivity index (χ0n) is 21.9. The van der Waals surface area contributed by atoms with Gasteiger partial charge in [-0.3, -0.25) is 9.59 Å². The fraction of sp³-hybridized carbons (Fsp3) is 0.467. The number of hydrogen-bond donors (Lipinski definition) is 1. The number of likely N-dealkylation sites (tertiary alicyclic amines) is 1. The largest absolute Gasteiger partial charge is 0.405 e. The first kappa shape index (κ1) is 26.3. The van der Waals surface area contributed by atoms with E-state index in [1.165, 1.54) is 0 Å². The van der Waals surface area contributed by atoms with E-state index in [2.05, 4.69) is 10.2 Å². The molecule has 1 atom stereocenters. The van der Waals surface area contributed by atoms with Gasteiger partial charge in [-0.25, -0.2) is 0 Å². The summed E-state index contributed by atoms with van der Waals surface area (Å²) in [7, 11) is 0. The number of alkyl halides is 3. The lowest BCUT2D eigenvalue weighted by Gasteiger charge is -2.39.